The third-order valence-electron chi connectivity index (χ3n) is 3.70. The Hall–Kier alpha value is -2.67. The molecule has 2 aromatic heterocycles. The van der Waals surface area contributed by atoms with E-state index in [2.05, 4.69) is 10.4 Å². The molecule has 0 aliphatic rings. The maximum absolute atomic E-state index is 13.7. The lowest BCUT2D eigenvalue weighted by atomic mass is 10.2. The maximum atomic E-state index is 13.7. The van der Waals surface area contributed by atoms with Gasteiger partial charge in [-0.1, -0.05) is 6.07 Å². The third kappa shape index (κ3) is 3.30. The SMILES string of the molecule is Cc1occc1-c1cc(NCc2ccc(F)cc2F)n(CCO)n1. The van der Waals surface area contributed by atoms with Gasteiger partial charge in [-0.2, -0.15) is 5.10 Å². The molecule has 0 atom stereocenters. The lowest BCUT2D eigenvalue weighted by Gasteiger charge is -2.09. The van der Waals surface area contributed by atoms with E-state index >= 15 is 0 Å². The van der Waals surface area contributed by atoms with Crippen molar-refractivity contribution in [1.82, 2.24) is 9.78 Å². The predicted molar refractivity (Wildman–Crippen MR) is 85.4 cm³/mol. The predicted octanol–water partition coefficient (Wildman–Crippen LogP) is 3.33. The minimum atomic E-state index is -0.612. The van der Waals surface area contributed by atoms with Gasteiger partial charge < -0.3 is 14.8 Å². The fourth-order valence-corrected chi connectivity index (χ4v) is 2.46. The maximum Gasteiger partial charge on any atom is 0.131 e. The van der Waals surface area contributed by atoms with E-state index in [4.69, 9.17) is 4.42 Å². The fourth-order valence-electron chi connectivity index (χ4n) is 2.46. The summed E-state index contributed by atoms with van der Waals surface area (Å²) in [6, 6.07) is 7.07. The quantitative estimate of drug-likeness (QED) is 0.726. The number of aryl methyl sites for hydroxylation is 1. The van der Waals surface area contributed by atoms with E-state index in [-0.39, 0.29) is 13.2 Å². The molecule has 3 rings (SSSR count). The molecule has 0 aliphatic carbocycles. The van der Waals surface area contributed by atoms with E-state index in [1.165, 1.54) is 12.1 Å². The minimum absolute atomic E-state index is 0.0783. The summed E-state index contributed by atoms with van der Waals surface area (Å²) in [5, 5.41) is 16.7. The van der Waals surface area contributed by atoms with E-state index in [0.29, 0.717) is 23.6 Å². The molecule has 3 aromatic rings. The van der Waals surface area contributed by atoms with Crippen LogP contribution in [0.5, 0.6) is 0 Å². The number of furan rings is 1. The van der Waals surface area contributed by atoms with Crippen molar-refractivity contribution in [1.29, 1.82) is 0 Å². The molecule has 0 spiro atoms. The van der Waals surface area contributed by atoms with Gasteiger partial charge in [0.05, 0.1) is 25.1 Å². The first-order valence-corrected chi connectivity index (χ1v) is 7.49. The van der Waals surface area contributed by atoms with Crippen LogP contribution in [-0.2, 0) is 13.1 Å². The van der Waals surface area contributed by atoms with Gasteiger partial charge in [0.1, 0.15) is 23.2 Å². The molecule has 5 nitrogen and oxygen atoms in total. The average Bonchev–Trinajstić information content (AvgIpc) is 3.13. The van der Waals surface area contributed by atoms with Crippen molar-refractivity contribution in [3.05, 3.63) is 59.6 Å². The van der Waals surface area contributed by atoms with Crippen LogP contribution in [0.25, 0.3) is 11.3 Å². The summed E-state index contributed by atoms with van der Waals surface area (Å²) in [7, 11) is 0. The highest BCUT2D eigenvalue weighted by Crippen LogP contribution is 2.26. The normalized spacial score (nSPS) is 11.0. The Labute approximate surface area is 137 Å². The van der Waals surface area contributed by atoms with Crippen molar-refractivity contribution >= 4 is 5.82 Å². The Kier molecular flexibility index (Phi) is 4.61. The molecular weight excluding hydrogens is 316 g/mol. The second-order valence-electron chi connectivity index (χ2n) is 5.34. The van der Waals surface area contributed by atoms with Crippen molar-refractivity contribution in [2.75, 3.05) is 11.9 Å². The molecule has 24 heavy (non-hydrogen) atoms. The highest BCUT2D eigenvalue weighted by Gasteiger charge is 2.13. The molecule has 2 heterocycles. The number of aliphatic hydroxyl groups excluding tert-OH is 1. The Balaban J connectivity index is 1.84. The smallest absolute Gasteiger partial charge is 0.131 e. The number of anilines is 1. The van der Waals surface area contributed by atoms with Crippen LogP contribution in [0.2, 0.25) is 0 Å². The molecule has 0 saturated carbocycles. The number of hydrogen-bond donors (Lipinski definition) is 2. The first-order valence-electron chi connectivity index (χ1n) is 7.49. The van der Waals surface area contributed by atoms with Crippen LogP contribution in [0.15, 0.2) is 41.0 Å². The molecular formula is C17H17F2N3O2. The molecule has 126 valence electrons. The van der Waals surface area contributed by atoms with Gasteiger partial charge in [0.25, 0.3) is 0 Å². The molecule has 0 unspecified atom stereocenters. The number of rotatable bonds is 6. The van der Waals surface area contributed by atoms with Crippen LogP contribution in [0, 0.1) is 18.6 Å². The molecule has 1 aromatic carbocycles. The van der Waals surface area contributed by atoms with Gasteiger partial charge in [-0.05, 0) is 19.1 Å². The molecule has 0 fully saturated rings. The van der Waals surface area contributed by atoms with E-state index < -0.39 is 11.6 Å². The number of nitrogens with zero attached hydrogens (tertiary/aromatic N) is 2. The minimum Gasteiger partial charge on any atom is -0.469 e. The van der Waals surface area contributed by atoms with Crippen LogP contribution in [0.4, 0.5) is 14.6 Å². The summed E-state index contributed by atoms with van der Waals surface area (Å²) in [4.78, 5) is 0. The van der Waals surface area contributed by atoms with E-state index in [9.17, 15) is 13.9 Å². The van der Waals surface area contributed by atoms with Gasteiger partial charge in [-0.3, -0.25) is 0 Å². The number of aliphatic hydroxyl groups is 1. The monoisotopic (exact) mass is 333 g/mol. The average molecular weight is 333 g/mol. The van der Waals surface area contributed by atoms with Crippen LogP contribution < -0.4 is 5.32 Å². The van der Waals surface area contributed by atoms with E-state index in [0.717, 1.165) is 17.4 Å². The van der Waals surface area contributed by atoms with Crippen LogP contribution >= 0.6 is 0 Å². The number of benzene rings is 1. The zero-order chi connectivity index (χ0) is 17.1. The van der Waals surface area contributed by atoms with Crippen LogP contribution in [0.1, 0.15) is 11.3 Å². The fraction of sp³-hybridized carbons (Fsp3) is 0.235. The zero-order valence-corrected chi connectivity index (χ0v) is 13.1. The summed E-state index contributed by atoms with van der Waals surface area (Å²) < 4.78 is 33.6. The lowest BCUT2D eigenvalue weighted by Crippen LogP contribution is -2.11. The second kappa shape index (κ2) is 6.84. The van der Waals surface area contributed by atoms with Gasteiger partial charge in [0, 0.05) is 29.8 Å². The number of nitrogens with one attached hydrogen (secondary N) is 1. The van der Waals surface area contributed by atoms with Gasteiger partial charge >= 0.3 is 0 Å². The van der Waals surface area contributed by atoms with Crippen molar-refractivity contribution < 1.29 is 18.3 Å². The van der Waals surface area contributed by atoms with Crippen molar-refractivity contribution in [3.8, 4) is 11.3 Å². The number of aromatic nitrogens is 2. The first kappa shape index (κ1) is 16.2. The van der Waals surface area contributed by atoms with E-state index in [1.54, 1.807) is 17.0 Å². The molecule has 2 N–H and O–H groups in total. The van der Waals surface area contributed by atoms with Crippen molar-refractivity contribution in [2.24, 2.45) is 0 Å². The standard InChI is InChI=1S/C17H17F2N3O2/c1-11-14(4-7-24-11)16-9-17(22(21-16)5-6-23)20-10-12-2-3-13(18)8-15(12)19/h2-4,7-9,20,23H,5-6,10H2,1H3. The summed E-state index contributed by atoms with van der Waals surface area (Å²) >= 11 is 0. The first-order chi connectivity index (χ1) is 11.6. The van der Waals surface area contributed by atoms with Gasteiger partial charge in [0.2, 0.25) is 0 Å². The topological polar surface area (TPSA) is 63.2 Å². The van der Waals surface area contributed by atoms with Crippen molar-refractivity contribution in [2.45, 2.75) is 20.0 Å². The number of halogens is 2. The van der Waals surface area contributed by atoms with Crippen molar-refractivity contribution in [3.63, 3.8) is 0 Å². The highest BCUT2D eigenvalue weighted by atomic mass is 19.1. The number of hydrogen-bond acceptors (Lipinski definition) is 4. The summed E-state index contributed by atoms with van der Waals surface area (Å²) in [6.07, 6.45) is 1.58. The summed E-state index contributed by atoms with van der Waals surface area (Å²) in [5.41, 5.74) is 1.88. The highest BCUT2D eigenvalue weighted by molar-refractivity contribution is 5.64. The Morgan fingerprint density at radius 2 is 2.08 bits per heavy atom. The Morgan fingerprint density at radius 1 is 1.25 bits per heavy atom. The molecule has 0 saturated heterocycles. The van der Waals surface area contributed by atoms with Gasteiger partial charge in [-0.15, -0.1) is 0 Å². The molecule has 7 heteroatoms. The van der Waals surface area contributed by atoms with Gasteiger partial charge in [0.15, 0.2) is 0 Å². The lowest BCUT2D eigenvalue weighted by molar-refractivity contribution is 0.270. The Morgan fingerprint density at radius 3 is 2.75 bits per heavy atom. The zero-order valence-electron chi connectivity index (χ0n) is 13.1. The van der Waals surface area contributed by atoms with Crippen LogP contribution in [-0.4, -0.2) is 21.5 Å². The Bertz CT molecular complexity index is 842. The van der Waals surface area contributed by atoms with E-state index in [1.807, 2.05) is 13.0 Å². The molecule has 0 amide bonds. The second-order valence-corrected chi connectivity index (χ2v) is 5.34. The largest absolute Gasteiger partial charge is 0.469 e. The molecule has 0 radical (unpaired) electrons. The summed E-state index contributed by atoms with van der Waals surface area (Å²) in [6.45, 7) is 2.23. The molecule has 0 bridgehead atoms. The van der Waals surface area contributed by atoms with Crippen LogP contribution in [0.3, 0.4) is 0 Å². The molecule has 0 aliphatic heterocycles. The summed E-state index contributed by atoms with van der Waals surface area (Å²) in [5.74, 6) is 0.143. The third-order valence-corrected chi connectivity index (χ3v) is 3.70. The van der Waals surface area contributed by atoms with Gasteiger partial charge in [-0.25, -0.2) is 13.5 Å².